The first kappa shape index (κ1) is 73.2. The number of likely N-dealkylation sites (N-methyl/N-ethyl adjacent to an activating group) is 1. The zero-order chi connectivity index (χ0) is 58.9. The van der Waals surface area contributed by atoms with Crippen LogP contribution in [0.5, 0.6) is 0 Å². The predicted molar refractivity (Wildman–Crippen MR) is 288 cm³/mol. The monoisotopic (exact) mass is 1130 g/mol. The maximum absolute atomic E-state index is 13.2. The molecule has 6 amide bonds. The first-order valence-electron chi connectivity index (χ1n) is 27.9. The molecule has 0 aromatic carbocycles. The standard InChI is InChI=1S/C53H93N7O19/c1-39(61)40(54-2)19-17-18-28-56-52(74)42(23-26-49(69)70)60-53(75)43(24-27-50(71)72)59-46(64)38-79-36-34-76-31-29-55-45(63)37-78-35-33-77-32-30-57-51(73)41(22-25-48(67)68)58-44(62)20-15-13-11-9-7-5-3-4-6-8-10-12-14-16-21-47(65)66/h40-43,54H,3-38H2,1-2H3,(H,55,63)(H,56,74)(H,57,73)(H,58,62)(H,59,64)(H,60,75)(H,65,66)(H,67,68)(H,69,70)(H,71,72)/t40-,41-,42-,43-/m0/s1. The van der Waals surface area contributed by atoms with Gasteiger partial charge in [-0.25, -0.2) is 0 Å². The van der Waals surface area contributed by atoms with E-state index < -0.39 is 91.0 Å². The van der Waals surface area contributed by atoms with Crippen LogP contribution in [0, 0.1) is 0 Å². The molecule has 0 saturated carbocycles. The van der Waals surface area contributed by atoms with Gasteiger partial charge in [-0.3, -0.25) is 52.7 Å². The molecule has 0 saturated heterocycles. The molecule has 0 aliphatic carbocycles. The normalized spacial score (nSPS) is 12.5. The number of unbranched alkanes of at least 4 members (excludes halogenated alkanes) is 14. The minimum atomic E-state index is -1.39. The van der Waals surface area contributed by atoms with E-state index in [0.717, 1.165) is 51.4 Å². The summed E-state index contributed by atoms with van der Waals surface area (Å²) in [6, 6.07) is -4.02. The molecule has 454 valence electrons. The summed E-state index contributed by atoms with van der Waals surface area (Å²) in [6.07, 6.45) is 14.9. The van der Waals surface area contributed by atoms with Crippen LogP contribution in [-0.4, -0.2) is 189 Å². The number of carbonyl (C=O) groups excluding carboxylic acids is 7. The minimum Gasteiger partial charge on any atom is -0.481 e. The molecule has 4 atom stereocenters. The summed E-state index contributed by atoms with van der Waals surface area (Å²) in [4.78, 5) is 132. The first-order valence-corrected chi connectivity index (χ1v) is 27.9. The fourth-order valence-electron chi connectivity index (χ4n) is 7.88. The van der Waals surface area contributed by atoms with Gasteiger partial charge >= 0.3 is 23.9 Å². The van der Waals surface area contributed by atoms with Crippen LogP contribution in [0.3, 0.4) is 0 Å². The van der Waals surface area contributed by atoms with Crippen LogP contribution in [0.25, 0.3) is 0 Å². The van der Waals surface area contributed by atoms with Crippen molar-refractivity contribution in [1.82, 2.24) is 37.2 Å². The average molecular weight is 1130 g/mol. The molecule has 0 aliphatic heterocycles. The number of rotatable bonds is 55. The highest BCUT2D eigenvalue weighted by atomic mass is 16.5. The van der Waals surface area contributed by atoms with Gasteiger partial charge in [0.25, 0.3) is 0 Å². The predicted octanol–water partition coefficient (Wildman–Crippen LogP) is 2.12. The Morgan fingerprint density at radius 1 is 0.342 bits per heavy atom. The third-order valence-electron chi connectivity index (χ3n) is 12.3. The highest BCUT2D eigenvalue weighted by molar-refractivity contribution is 5.93. The largest absolute Gasteiger partial charge is 0.481 e. The van der Waals surface area contributed by atoms with Crippen molar-refractivity contribution in [1.29, 1.82) is 0 Å². The number of ether oxygens (including phenoxy) is 4. The Morgan fingerprint density at radius 3 is 1.18 bits per heavy atom. The summed E-state index contributed by atoms with van der Waals surface area (Å²) >= 11 is 0. The van der Waals surface area contributed by atoms with Crippen LogP contribution in [-0.2, 0) is 71.7 Å². The van der Waals surface area contributed by atoms with Gasteiger partial charge in [-0.1, -0.05) is 77.0 Å². The highest BCUT2D eigenvalue weighted by Crippen LogP contribution is 2.14. The van der Waals surface area contributed by atoms with Gasteiger partial charge in [0.15, 0.2) is 0 Å². The number of carboxylic acids is 4. The van der Waals surface area contributed by atoms with Crippen LogP contribution < -0.4 is 37.2 Å². The summed E-state index contributed by atoms with van der Waals surface area (Å²) in [5, 5.41) is 54.5. The van der Waals surface area contributed by atoms with Gasteiger partial charge < -0.3 is 76.6 Å². The Bertz CT molecular complexity index is 1790. The molecule has 0 aromatic rings. The molecule has 0 heterocycles. The fraction of sp³-hybridized carbons (Fsp3) is 0.792. The number of carboxylic acid groups (broad SMARTS) is 4. The van der Waals surface area contributed by atoms with Crippen molar-refractivity contribution < 1.29 is 92.1 Å². The van der Waals surface area contributed by atoms with E-state index in [1.54, 1.807) is 7.05 Å². The van der Waals surface area contributed by atoms with Crippen LogP contribution >= 0.6 is 0 Å². The molecule has 0 bridgehead atoms. The highest BCUT2D eigenvalue weighted by Gasteiger charge is 2.28. The quantitative estimate of drug-likeness (QED) is 0.0389. The number of hydrogen-bond donors (Lipinski definition) is 11. The van der Waals surface area contributed by atoms with E-state index >= 15 is 0 Å². The van der Waals surface area contributed by atoms with E-state index in [4.69, 9.17) is 29.2 Å². The maximum Gasteiger partial charge on any atom is 0.303 e. The van der Waals surface area contributed by atoms with E-state index in [-0.39, 0.29) is 122 Å². The zero-order valence-electron chi connectivity index (χ0n) is 46.7. The summed E-state index contributed by atoms with van der Waals surface area (Å²) in [5.41, 5.74) is 0. The number of ketones is 1. The zero-order valence-corrected chi connectivity index (χ0v) is 46.7. The second-order valence-electron chi connectivity index (χ2n) is 19.2. The molecular formula is C53H93N7O19. The molecule has 0 fully saturated rings. The van der Waals surface area contributed by atoms with E-state index in [2.05, 4.69) is 37.2 Å². The van der Waals surface area contributed by atoms with Crippen molar-refractivity contribution in [2.24, 2.45) is 0 Å². The third-order valence-corrected chi connectivity index (χ3v) is 12.3. The average Bonchev–Trinajstić information content (AvgIpc) is 3.39. The van der Waals surface area contributed by atoms with Gasteiger partial charge in [0.2, 0.25) is 35.4 Å². The Kier molecular flexibility index (Phi) is 45.6. The third kappa shape index (κ3) is 45.7. The van der Waals surface area contributed by atoms with E-state index in [1.807, 2.05) is 0 Å². The van der Waals surface area contributed by atoms with Crippen molar-refractivity contribution >= 4 is 65.1 Å². The smallest absolute Gasteiger partial charge is 0.303 e. The molecule has 0 aliphatic rings. The summed E-state index contributed by atoms with van der Waals surface area (Å²) in [7, 11) is 1.67. The van der Waals surface area contributed by atoms with Crippen molar-refractivity contribution in [2.75, 3.05) is 79.5 Å². The number of hydrogen-bond acceptors (Lipinski definition) is 16. The van der Waals surface area contributed by atoms with E-state index in [9.17, 15) is 63.0 Å². The SMILES string of the molecule is CN[C@@H](CCCCNC(=O)[C@H](CCC(=O)O)NC(=O)[C@H](CCC(=O)O)NC(=O)COCCOCCNC(=O)COCCOCCNC(=O)[C@H](CCC(=O)O)NC(=O)CCCCCCCCCCCCCCCCC(=O)O)C(C)=O. The molecule has 79 heavy (non-hydrogen) atoms. The molecule has 0 spiro atoms. The van der Waals surface area contributed by atoms with Gasteiger partial charge in [0, 0.05) is 51.7 Å². The van der Waals surface area contributed by atoms with Gasteiger partial charge in [0.1, 0.15) is 37.1 Å². The van der Waals surface area contributed by atoms with Gasteiger partial charge in [0.05, 0.1) is 45.7 Å². The second-order valence-corrected chi connectivity index (χ2v) is 19.2. The Balaban J connectivity index is 4.32. The van der Waals surface area contributed by atoms with Gasteiger partial charge in [-0.15, -0.1) is 0 Å². The summed E-state index contributed by atoms with van der Waals surface area (Å²) < 4.78 is 21.4. The number of carbonyl (C=O) groups is 11. The number of aliphatic carboxylic acids is 4. The van der Waals surface area contributed by atoms with E-state index in [1.165, 1.54) is 39.0 Å². The van der Waals surface area contributed by atoms with E-state index in [0.29, 0.717) is 25.7 Å². The van der Waals surface area contributed by atoms with Crippen molar-refractivity contribution in [3.05, 3.63) is 0 Å². The summed E-state index contributed by atoms with van der Waals surface area (Å²) in [5.74, 6) is -7.91. The molecular weight excluding hydrogens is 1040 g/mol. The summed E-state index contributed by atoms with van der Waals surface area (Å²) in [6.45, 7) is 1.40. The Labute approximate surface area is 464 Å². The second kappa shape index (κ2) is 49.2. The fourth-order valence-corrected chi connectivity index (χ4v) is 7.88. The molecule has 11 N–H and O–H groups in total. The molecule has 0 radical (unpaired) electrons. The van der Waals surface area contributed by atoms with Crippen molar-refractivity contribution in [3.63, 3.8) is 0 Å². The van der Waals surface area contributed by atoms with Crippen LogP contribution in [0.4, 0.5) is 0 Å². The van der Waals surface area contributed by atoms with Gasteiger partial charge in [-0.05, 0) is 65.3 Å². The molecule has 0 unspecified atom stereocenters. The number of nitrogens with one attached hydrogen (secondary N) is 7. The Hall–Kier alpha value is -5.83. The minimum absolute atomic E-state index is 0.0241. The van der Waals surface area contributed by atoms with Crippen molar-refractivity contribution in [2.45, 2.75) is 192 Å². The lowest BCUT2D eigenvalue weighted by atomic mass is 10.0. The topological polar surface area (TPSA) is 390 Å². The molecule has 0 rings (SSSR count). The lowest BCUT2D eigenvalue weighted by molar-refractivity contribution is -0.140. The van der Waals surface area contributed by atoms with Crippen LogP contribution in [0.1, 0.15) is 167 Å². The lowest BCUT2D eigenvalue weighted by Gasteiger charge is -2.23. The Morgan fingerprint density at radius 2 is 0.722 bits per heavy atom. The lowest BCUT2D eigenvalue weighted by Crippen LogP contribution is -2.54. The molecule has 26 heteroatoms. The van der Waals surface area contributed by atoms with Crippen molar-refractivity contribution in [3.8, 4) is 0 Å². The molecule has 26 nitrogen and oxygen atoms in total. The molecule has 0 aromatic heterocycles. The van der Waals surface area contributed by atoms with Gasteiger partial charge in [-0.2, -0.15) is 0 Å². The number of Topliss-reactive ketones (excluding diaryl/α,β-unsaturated/α-hetero) is 1. The maximum atomic E-state index is 13.2. The van der Waals surface area contributed by atoms with Crippen LogP contribution in [0.2, 0.25) is 0 Å². The number of amides is 6. The van der Waals surface area contributed by atoms with Crippen LogP contribution in [0.15, 0.2) is 0 Å². The first-order chi connectivity index (χ1) is 37.9.